The third-order valence-electron chi connectivity index (χ3n) is 2.01. The van der Waals surface area contributed by atoms with Crippen LogP contribution in [0.5, 0.6) is 5.75 Å². The molecule has 0 atom stereocenters. The molecule has 1 aromatic carbocycles. The highest BCUT2D eigenvalue weighted by atomic mass is 35.5. The van der Waals surface area contributed by atoms with Crippen molar-refractivity contribution in [2.45, 2.75) is 0 Å². The van der Waals surface area contributed by atoms with E-state index < -0.39 is 0 Å². The van der Waals surface area contributed by atoms with Crippen molar-refractivity contribution in [3.8, 4) is 5.75 Å². The maximum atomic E-state index is 5.99. The summed E-state index contributed by atoms with van der Waals surface area (Å²) < 4.78 is 5.96. The van der Waals surface area contributed by atoms with Crippen LogP contribution in [-0.2, 0) is 0 Å². The predicted molar refractivity (Wildman–Crippen MR) is 58.7 cm³/mol. The SMILES string of the molecule is COc1ccc2c(Cl)n[c]([Al])cc2c1. The zero-order valence-corrected chi connectivity index (χ0v) is 9.53. The molecule has 2 rings (SSSR count). The van der Waals surface area contributed by atoms with E-state index in [0.29, 0.717) is 5.15 Å². The van der Waals surface area contributed by atoms with E-state index in [1.165, 1.54) is 0 Å². The third kappa shape index (κ3) is 1.72. The highest BCUT2D eigenvalue weighted by molar-refractivity contribution is 6.37. The molecule has 0 N–H and O–H groups in total. The van der Waals surface area contributed by atoms with E-state index in [-0.39, 0.29) is 0 Å². The second-order valence-electron chi connectivity index (χ2n) is 2.92. The molecule has 0 amide bonds. The Morgan fingerprint density at radius 2 is 2.14 bits per heavy atom. The summed E-state index contributed by atoms with van der Waals surface area (Å²) in [6, 6.07) is 7.68. The van der Waals surface area contributed by atoms with Gasteiger partial charge in [0.2, 0.25) is 16.3 Å². The van der Waals surface area contributed by atoms with Crippen LogP contribution in [0.4, 0.5) is 0 Å². The van der Waals surface area contributed by atoms with Crippen molar-refractivity contribution in [3.63, 3.8) is 0 Å². The van der Waals surface area contributed by atoms with E-state index in [2.05, 4.69) is 21.3 Å². The molecule has 0 aliphatic rings. The molecule has 0 saturated carbocycles. The van der Waals surface area contributed by atoms with Crippen LogP contribution < -0.4 is 9.29 Å². The Kier molecular flexibility index (Phi) is 2.65. The van der Waals surface area contributed by atoms with Gasteiger partial charge in [0.1, 0.15) is 10.9 Å². The lowest BCUT2D eigenvalue weighted by Gasteiger charge is -2.05. The zero-order chi connectivity index (χ0) is 10.1. The zero-order valence-electron chi connectivity index (χ0n) is 7.62. The van der Waals surface area contributed by atoms with Gasteiger partial charge in [-0.3, -0.25) is 4.98 Å². The number of pyridine rings is 1. The van der Waals surface area contributed by atoms with Crippen LogP contribution in [0.2, 0.25) is 5.15 Å². The number of fused-ring (bicyclic) bond motifs is 1. The minimum Gasteiger partial charge on any atom is -0.497 e. The lowest BCUT2D eigenvalue weighted by Crippen LogP contribution is -2.07. The number of hydrogen-bond acceptors (Lipinski definition) is 2. The number of nitrogens with zero attached hydrogens (tertiary/aromatic N) is 1. The maximum Gasteiger partial charge on any atom is 0.209 e. The van der Waals surface area contributed by atoms with Gasteiger partial charge in [-0.25, -0.2) is 0 Å². The molecule has 0 saturated heterocycles. The van der Waals surface area contributed by atoms with Crippen molar-refractivity contribution in [2.24, 2.45) is 0 Å². The molecule has 0 aliphatic heterocycles. The summed E-state index contributed by atoms with van der Waals surface area (Å²) in [6.45, 7) is 0. The van der Waals surface area contributed by atoms with E-state index in [4.69, 9.17) is 16.3 Å². The van der Waals surface area contributed by atoms with Gasteiger partial charge in [0.15, 0.2) is 0 Å². The van der Waals surface area contributed by atoms with Crippen molar-refractivity contribution >= 4 is 43.2 Å². The summed E-state index contributed by atoms with van der Waals surface area (Å²) in [6.07, 6.45) is 0. The molecular formula is C10H7AlClNO. The van der Waals surface area contributed by atoms with Gasteiger partial charge < -0.3 is 4.74 Å². The molecule has 0 bridgehead atoms. The molecule has 2 radical (unpaired) electrons. The Bertz CT molecular complexity index is 487. The minimum atomic E-state index is 0.523. The lowest BCUT2D eigenvalue weighted by molar-refractivity contribution is 0.415. The smallest absolute Gasteiger partial charge is 0.209 e. The Balaban J connectivity index is 2.75. The van der Waals surface area contributed by atoms with Crippen LogP contribution in [0.15, 0.2) is 24.3 Å². The minimum absolute atomic E-state index is 0.523. The van der Waals surface area contributed by atoms with Crippen molar-refractivity contribution in [2.75, 3.05) is 7.11 Å². The summed E-state index contributed by atoms with van der Waals surface area (Å²) in [5.41, 5.74) is 0. The number of ether oxygens (including phenoxy) is 1. The highest BCUT2D eigenvalue weighted by Crippen LogP contribution is 2.24. The molecule has 0 fully saturated rings. The average Bonchev–Trinajstić information content (AvgIpc) is 2.16. The van der Waals surface area contributed by atoms with E-state index in [0.717, 1.165) is 21.1 Å². The number of aromatic nitrogens is 1. The second-order valence-corrected chi connectivity index (χ2v) is 3.87. The summed E-state index contributed by atoms with van der Waals surface area (Å²) in [4.78, 5) is 4.14. The summed E-state index contributed by atoms with van der Waals surface area (Å²) in [7, 11) is 1.64. The molecular weight excluding hydrogens is 213 g/mol. The molecule has 4 heteroatoms. The summed E-state index contributed by atoms with van der Waals surface area (Å²) >= 11 is 8.52. The topological polar surface area (TPSA) is 22.1 Å². The molecule has 68 valence electrons. The van der Waals surface area contributed by atoms with E-state index in [1.54, 1.807) is 7.11 Å². The van der Waals surface area contributed by atoms with Crippen LogP contribution in [-0.4, -0.2) is 28.4 Å². The predicted octanol–water partition coefficient (Wildman–Crippen LogP) is 1.69. The normalized spacial score (nSPS) is 10.4. The monoisotopic (exact) mass is 219 g/mol. The van der Waals surface area contributed by atoms with Crippen LogP contribution in [0, 0.1) is 0 Å². The number of halogens is 1. The van der Waals surface area contributed by atoms with Gasteiger partial charge >= 0.3 is 0 Å². The molecule has 0 spiro atoms. The fourth-order valence-electron chi connectivity index (χ4n) is 1.34. The van der Waals surface area contributed by atoms with Crippen LogP contribution in [0.3, 0.4) is 0 Å². The molecule has 1 heterocycles. The van der Waals surface area contributed by atoms with Crippen molar-refractivity contribution in [3.05, 3.63) is 29.4 Å². The Morgan fingerprint density at radius 1 is 1.36 bits per heavy atom. The van der Waals surface area contributed by atoms with Gasteiger partial charge in [-0.15, -0.1) is 0 Å². The summed E-state index contributed by atoms with van der Waals surface area (Å²) in [5.74, 6) is 0.823. The number of rotatable bonds is 1. The van der Waals surface area contributed by atoms with Crippen LogP contribution >= 0.6 is 11.6 Å². The number of hydrogen-bond donors (Lipinski definition) is 0. The van der Waals surface area contributed by atoms with Crippen molar-refractivity contribution in [1.29, 1.82) is 0 Å². The van der Waals surface area contributed by atoms with Gasteiger partial charge in [-0.05, 0) is 23.6 Å². The Morgan fingerprint density at radius 3 is 2.86 bits per heavy atom. The third-order valence-corrected chi connectivity index (χ3v) is 2.60. The van der Waals surface area contributed by atoms with Gasteiger partial charge in [0.05, 0.1) is 7.11 Å². The molecule has 1 aromatic heterocycles. The van der Waals surface area contributed by atoms with Crippen LogP contribution in [0.25, 0.3) is 10.8 Å². The molecule has 14 heavy (non-hydrogen) atoms. The fraction of sp³-hybridized carbons (Fsp3) is 0.100. The first-order chi connectivity index (χ1) is 6.70. The summed E-state index contributed by atoms with van der Waals surface area (Å²) in [5, 5.41) is 2.50. The Labute approximate surface area is 95.3 Å². The standard InChI is InChI=1S/C10H7ClNO.Al/c1-13-8-2-3-9-7(6-8)4-5-12-10(9)11;/h2-4,6H,1H3;. The van der Waals surface area contributed by atoms with Gasteiger partial charge in [0, 0.05) is 5.39 Å². The van der Waals surface area contributed by atoms with Gasteiger partial charge in [0.25, 0.3) is 0 Å². The van der Waals surface area contributed by atoms with Gasteiger partial charge in [-0.1, -0.05) is 22.2 Å². The lowest BCUT2D eigenvalue weighted by atomic mass is 10.2. The quantitative estimate of drug-likeness (QED) is 0.538. The molecule has 0 aliphatic carbocycles. The first-order valence-electron chi connectivity index (χ1n) is 4.10. The molecule has 2 aromatic rings. The molecule has 0 unspecified atom stereocenters. The van der Waals surface area contributed by atoms with Gasteiger partial charge in [-0.2, -0.15) is 0 Å². The first-order valence-corrected chi connectivity index (χ1v) is 5.06. The van der Waals surface area contributed by atoms with E-state index in [9.17, 15) is 0 Å². The second kappa shape index (κ2) is 3.78. The van der Waals surface area contributed by atoms with E-state index in [1.807, 2.05) is 24.3 Å². The van der Waals surface area contributed by atoms with E-state index >= 15 is 0 Å². The van der Waals surface area contributed by atoms with Crippen molar-refractivity contribution in [1.82, 2.24) is 4.98 Å². The van der Waals surface area contributed by atoms with Crippen LogP contribution in [0.1, 0.15) is 0 Å². The Hall–Kier alpha value is -0.748. The first kappa shape index (κ1) is 9.79. The number of methoxy groups -OCH3 is 1. The highest BCUT2D eigenvalue weighted by Gasteiger charge is 2.02. The largest absolute Gasteiger partial charge is 0.497 e. The average molecular weight is 220 g/mol. The number of benzene rings is 1. The fourth-order valence-corrected chi connectivity index (χ4v) is 2.00. The molecule has 2 nitrogen and oxygen atoms in total. The van der Waals surface area contributed by atoms with Crippen molar-refractivity contribution < 1.29 is 4.74 Å². The maximum absolute atomic E-state index is 5.99.